The molecule has 0 amide bonds. The zero-order chi connectivity index (χ0) is 19.6. The molecule has 5 nitrogen and oxygen atoms in total. The van der Waals surface area contributed by atoms with Crippen molar-refractivity contribution in [2.45, 2.75) is 52.0 Å². The van der Waals surface area contributed by atoms with Gasteiger partial charge in [0.15, 0.2) is 0 Å². The zero-order valence-electron chi connectivity index (χ0n) is 16.9. The molecule has 1 aromatic carbocycles. The molecule has 1 aliphatic rings. The third-order valence-electron chi connectivity index (χ3n) is 6.05. The average molecular weight is 380 g/mol. The number of methoxy groups -OCH3 is 1. The number of ether oxygens (including phenoxy) is 2. The first-order valence-corrected chi connectivity index (χ1v) is 10.0. The molecule has 0 radical (unpaired) electrons. The van der Waals surface area contributed by atoms with Gasteiger partial charge in [0, 0.05) is 37.4 Å². The Morgan fingerprint density at radius 2 is 2.04 bits per heavy atom. The molecule has 0 bridgehead atoms. The number of imidazole rings is 1. The first-order chi connectivity index (χ1) is 13.6. The van der Waals surface area contributed by atoms with Crippen LogP contribution in [0, 0.1) is 11.3 Å². The third-order valence-corrected chi connectivity index (χ3v) is 6.05. The summed E-state index contributed by atoms with van der Waals surface area (Å²) in [5, 5.41) is 1.16. The Bertz CT molecular complexity index is 907. The SMILES string of the molecule is CO[C@@H]1[C@@H](Cn2ccnc2)[C@H](OCc2ccc3ccccc3n2)CCC1(C)C. The van der Waals surface area contributed by atoms with E-state index in [1.165, 1.54) is 0 Å². The third kappa shape index (κ3) is 3.96. The van der Waals surface area contributed by atoms with Gasteiger partial charge >= 0.3 is 0 Å². The van der Waals surface area contributed by atoms with Gasteiger partial charge in [-0.15, -0.1) is 0 Å². The Balaban J connectivity index is 1.51. The molecule has 148 valence electrons. The van der Waals surface area contributed by atoms with Gasteiger partial charge in [0.1, 0.15) is 0 Å². The molecule has 2 aromatic heterocycles. The van der Waals surface area contributed by atoms with E-state index in [2.05, 4.69) is 41.6 Å². The molecule has 3 aromatic rings. The minimum Gasteiger partial charge on any atom is -0.380 e. The van der Waals surface area contributed by atoms with Crippen LogP contribution in [0.15, 0.2) is 55.1 Å². The fourth-order valence-electron chi connectivity index (χ4n) is 4.58. The number of hydrogen-bond donors (Lipinski definition) is 0. The number of benzene rings is 1. The highest BCUT2D eigenvalue weighted by Gasteiger charge is 2.45. The van der Waals surface area contributed by atoms with Crippen LogP contribution in [-0.4, -0.2) is 33.9 Å². The van der Waals surface area contributed by atoms with Crippen LogP contribution < -0.4 is 0 Å². The monoisotopic (exact) mass is 379 g/mol. The van der Waals surface area contributed by atoms with Crippen LogP contribution in [0.1, 0.15) is 32.4 Å². The van der Waals surface area contributed by atoms with Gasteiger partial charge in [0.2, 0.25) is 0 Å². The highest BCUT2D eigenvalue weighted by Crippen LogP contribution is 2.42. The van der Waals surface area contributed by atoms with Gasteiger partial charge in [-0.2, -0.15) is 0 Å². The van der Waals surface area contributed by atoms with E-state index in [1.54, 1.807) is 0 Å². The van der Waals surface area contributed by atoms with Crippen molar-refractivity contribution in [3.05, 3.63) is 60.8 Å². The van der Waals surface area contributed by atoms with E-state index in [0.717, 1.165) is 36.0 Å². The Kier molecular flexibility index (Phi) is 5.47. The Morgan fingerprint density at radius 3 is 2.82 bits per heavy atom. The van der Waals surface area contributed by atoms with Gasteiger partial charge in [-0.05, 0) is 30.4 Å². The van der Waals surface area contributed by atoms with E-state index in [1.807, 2.05) is 44.0 Å². The molecule has 1 aliphatic carbocycles. The van der Waals surface area contributed by atoms with Crippen LogP contribution in [0.2, 0.25) is 0 Å². The predicted octanol–water partition coefficient (Wildman–Crippen LogP) is 4.47. The Labute approximate surface area is 166 Å². The molecule has 1 saturated carbocycles. The van der Waals surface area contributed by atoms with Gasteiger partial charge in [-0.1, -0.05) is 38.1 Å². The van der Waals surface area contributed by atoms with Crippen molar-refractivity contribution in [3.63, 3.8) is 0 Å². The van der Waals surface area contributed by atoms with Gasteiger partial charge in [0.05, 0.1) is 36.4 Å². The van der Waals surface area contributed by atoms with Crippen LogP contribution in [0.4, 0.5) is 0 Å². The van der Waals surface area contributed by atoms with Crippen LogP contribution in [0.25, 0.3) is 10.9 Å². The maximum atomic E-state index is 6.43. The molecule has 28 heavy (non-hydrogen) atoms. The van der Waals surface area contributed by atoms with Gasteiger partial charge in [-0.3, -0.25) is 4.98 Å². The van der Waals surface area contributed by atoms with Gasteiger partial charge in [0.25, 0.3) is 0 Å². The maximum Gasteiger partial charge on any atom is 0.0946 e. The fraction of sp³-hybridized carbons (Fsp3) is 0.478. The lowest BCUT2D eigenvalue weighted by atomic mass is 9.68. The summed E-state index contributed by atoms with van der Waals surface area (Å²) in [6, 6.07) is 12.4. The van der Waals surface area contributed by atoms with Crippen molar-refractivity contribution in [3.8, 4) is 0 Å². The molecule has 1 fully saturated rings. The minimum absolute atomic E-state index is 0.126. The second kappa shape index (κ2) is 8.02. The summed E-state index contributed by atoms with van der Waals surface area (Å²) in [5.41, 5.74) is 2.11. The highest BCUT2D eigenvalue weighted by molar-refractivity contribution is 5.78. The van der Waals surface area contributed by atoms with E-state index < -0.39 is 0 Å². The second-order valence-electron chi connectivity index (χ2n) is 8.45. The average Bonchev–Trinajstić information content (AvgIpc) is 3.20. The standard InChI is InChI=1S/C23H29N3O2/c1-23(2)11-10-21(19(22(23)27-3)14-26-13-12-24-16-26)28-15-18-9-8-17-6-4-5-7-20(17)25-18/h4-9,12-13,16,19,21-22H,10-11,14-15H2,1-3H3/t19-,21+,22+/m0/s1. The van der Waals surface area contributed by atoms with E-state index in [9.17, 15) is 0 Å². The molecule has 3 atom stereocenters. The first-order valence-electron chi connectivity index (χ1n) is 10.0. The van der Waals surface area contributed by atoms with Crippen molar-refractivity contribution in [2.24, 2.45) is 11.3 Å². The van der Waals surface area contributed by atoms with Crippen LogP contribution in [0.3, 0.4) is 0 Å². The molecule has 0 aliphatic heterocycles. The Morgan fingerprint density at radius 1 is 1.18 bits per heavy atom. The number of aromatic nitrogens is 3. The van der Waals surface area contributed by atoms with Crippen LogP contribution >= 0.6 is 0 Å². The Hall–Kier alpha value is -2.24. The number of para-hydroxylation sites is 1. The van der Waals surface area contributed by atoms with Crippen molar-refractivity contribution in [1.82, 2.24) is 14.5 Å². The molecule has 0 unspecified atom stereocenters. The first kappa shape index (κ1) is 19.1. The zero-order valence-corrected chi connectivity index (χ0v) is 16.9. The fourth-order valence-corrected chi connectivity index (χ4v) is 4.58. The van der Waals surface area contributed by atoms with Crippen molar-refractivity contribution >= 4 is 10.9 Å². The van der Waals surface area contributed by atoms with Crippen molar-refractivity contribution in [2.75, 3.05) is 7.11 Å². The summed E-state index contributed by atoms with van der Waals surface area (Å²) >= 11 is 0. The summed E-state index contributed by atoms with van der Waals surface area (Å²) in [7, 11) is 1.82. The lowest BCUT2D eigenvalue weighted by Crippen LogP contribution is -2.50. The lowest BCUT2D eigenvalue weighted by Gasteiger charge is -2.47. The largest absolute Gasteiger partial charge is 0.380 e. The molecule has 5 heteroatoms. The van der Waals surface area contributed by atoms with Crippen molar-refractivity contribution < 1.29 is 9.47 Å². The highest BCUT2D eigenvalue weighted by atomic mass is 16.5. The predicted molar refractivity (Wildman–Crippen MR) is 110 cm³/mol. The number of rotatable bonds is 6. The van der Waals surface area contributed by atoms with E-state index in [0.29, 0.717) is 6.61 Å². The number of pyridine rings is 1. The maximum absolute atomic E-state index is 6.43. The molecule has 2 heterocycles. The normalized spacial score (nSPS) is 24.5. The minimum atomic E-state index is 0.126. The van der Waals surface area contributed by atoms with E-state index in [4.69, 9.17) is 14.5 Å². The molecule has 0 saturated heterocycles. The molecular weight excluding hydrogens is 350 g/mol. The topological polar surface area (TPSA) is 49.2 Å². The van der Waals surface area contributed by atoms with Crippen LogP contribution in [0.5, 0.6) is 0 Å². The quantitative estimate of drug-likeness (QED) is 0.634. The van der Waals surface area contributed by atoms with E-state index >= 15 is 0 Å². The van der Waals surface area contributed by atoms with Crippen LogP contribution in [-0.2, 0) is 22.6 Å². The molecular formula is C23H29N3O2. The van der Waals surface area contributed by atoms with Gasteiger partial charge < -0.3 is 14.0 Å². The van der Waals surface area contributed by atoms with Gasteiger partial charge in [-0.25, -0.2) is 4.98 Å². The molecule has 4 rings (SSSR count). The summed E-state index contributed by atoms with van der Waals surface area (Å²) < 4.78 is 14.5. The summed E-state index contributed by atoms with van der Waals surface area (Å²) in [5.74, 6) is 0.267. The van der Waals surface area contributed by atoms with Crippen molar-refractivity contribution in [1.29, 1.82) is 0 Å². The number of fused-ring (bicyclic) bond motifs is 1. The molecule has 0 N–H and O–H groups in total. The smallest absolute Gasteiger partial charge is 0.0946 e. The molecule has 0 spiro atoms. The summed E-state index contributed by atoms with van der Waals surface area (Å²) in [6.07, 6.45) is 8.09. The summed E-state index contributed by atoms with van der Waals surface area (Å²) in [6.45, 7) is 5.96. The number of nitrogens with zero attached hydrogens (tertiary/aromatic N) is 3. The lowest BCUT2D eigenvalue weighted by molar-refractivity contribution is -0.139. The number of hydrogen-bond acceptors (Lipinski definition) is 4. The summed E-state index contributed by atoms with van der Waals surface area (Å²) in [4.78, 5) is 8.95. The second-order valence-corrected chi connectivity index (χ2v) is 8.45. The van der Waals surface area contributed by atoms with E-state index in [-0.39, 0.29) is 23.5 Å².